The summed E-state index contributed by atoms with van der Waals surface area (Å²) in [5, 5.41) is 12.0. The van der Waals surface area contributed by atoms with Gasteiger partial charge in [0.25, 0.3) is 0 Å². The Hall–Kier alpha value is -3.65. The van der Waals surface area contributed by atoms with E-state index in [0.29, 0.717) is 0 Å². The van der Waals surface area contributed by atoms with E-state index < -0.39 is 36.0 Å². The number of carboxylic acid groups (broad SMARTS) is 1. The van der Waals surface area contributed by atoms with Crippen LogP contribution in [0, 0.1) is 5.92 Å². The Bertz CT molecular complexity index is 1050. The van der Waals surface area contributed by atoms with Crippen molar-refractivity contribution in [2.24, 2.45) is 5.92 Å². The molecule has 8 nitrogen and oxygen atoms in total. The van der Waals surface area contributed by atoms with Gasteiger partial charge in [-0.05, 0) is 28.7 Å². The first kappa shape index (κ1) is 23.5. The van der Waals surface area contributed by atoms with Crippen LogP contribution in [0.3, 0.4) is 0 Å². The molecule has 2 aliphatic rings. The first-order chi connectivity index (χ1) is 16.4. The number of carboxylic acids is 1. The first-order valence-electron chi connectivity index (χ1n) is 11.2. The number of carbonyl (C=O) groups excluding carboxylic acids is 2. The zero-order valence-corrected chi connectivity index (χ0v) is 19.0. The smallest absolute Gasteiger partial charge is 0.407 e. The van der Waals surface area contributed by atoms with Gasteiger partial charge in [-0.1, -0.05) is 54.6 Å². The molecule has 2 N–H and O–H groups in total. The number of nitrogens with one attached hydrogen (secondary N) is 1. The molecule has 178 valence electrons. The van der Waals surface area contributed by atoms with Crippen molar-refractivity contribution < 1.29 is 29.0 Å². The third-order valence-corrected chi connectivity index (χ3v) is 6.55. The van der Waals surface area contributed by atoms with Crippen LogP contribution in [-0.4, -0.2) is 66.9 Å². The lowest BCUT2D eigenvalue weighted by molar-refractivity contribution is -0.145. The maximum Gasteiger partial charge on any atom is 0.407 e. The van der Waals surface area contributed by atoms with Crippen molar-refractivity contribution in [1.82, 2.24) is 10.2 Å². The van der Waals surface area contributed by atoms with Crippen LogP contribution in [0.5, 0.6) is 0 Å². The van der Waals surface area contributed by atoms with E-state index in [2.05, 4.69) is 24.0 Å². The zero-order valence-electron chi connectivity index (χ0n) is 19.0. The lowest BCUT2D eigenvalue weighted by atomic mass is 9.98. The van der Waals surface area contributed by atoms with Crippen LogP contribution in [0.15, 0.2) is 61.2 Å². The van der Waals surface area contributed by atoms with E-state index in [-0.39, 0.29) is 32.2 Å². The van der Waals surface area contributed by atoms with E-state index in [9.17, 15) is 19.5 Å². The van der Waals surface area contributed by atoms with E-state index in [0.717, 1.165) is 22.3 Å². The number of fused-ring (bicyclic) bond motifs is 3. The molecular weight excluding hydrogens is 436 g/mol. The average Bonchev–Trinajstić information content (AvgIpc) is 3.45. The van der Waals surface area contributed by atoms with Gasteiger partial charge in [0.2, 0.25) is 5.91 Å². The molecule has 2 aromatic carbocycles. The van der Waals surface area contributed by atoms with E-state index in [4.69, 9.17) is 9.47 Å². The molecule has 2 amide bonds. The molecule has 1 aliphatic heterocycles. The fraction of sp³-hybridized carbons (Fsp3) is 0.346. The highest BCUT2D eigenvalue weighted by Crippen LogP contribution is 2.44. The van der Waals surface area contributed by atoms with Crippen LogP contribution < -0.4 is 5.32 Å². The van der Waals surface area contributed by atoms with E-state index in [1.54, 1.807) is 0 Å². The fourth-order valence-electron chi connectivity index (χ4n) is 4.74. The molecule has 1 saturated heterocycles. The van der Waals surface area contributed by atoms with Gasteiger partial charge in [-0.25, -0.2) is 4.79 Å². The van der Waals surface area contributed by atoms with E-state index >= 15 is 0 Å². The second-order valence-electron chi connectivity index (χ2n) is 8.55. The minimum Gasteiger partial charge on any atom is -0.481 e. The van der Waals surface area contributed by atoms with E-state index in [1.807, 2.05) is 36.4 Å². The number of benzene rings is 2. The fourth-order valence-corrected chi connectivity index (χ4v) is 4.74. The average molecular weight is 465 g/mol. The lowest BCUT2D eigenvalue weighted by Gasteiger charge is -2.30. The summed E-state index contributed by atoms with van der Waals surface area (Å²) >= 11 is 0. The number of nitrogens with zero attached hydrogens (tertiary/aromatic N) is 1. The predicted molar refractivity (Wildman–Crippen MR) is 125 cm³/mol. The van der Waals surface area contributed by atoms with Crippen LogP contribution in [-0.2, 0) is 19.1 Å². The van der Waals surface area contributed by atoms with Crippen LogP contribution in [0.4, 0.5) is 4.79 Å². The number of rotatable bonds is 8. The molecule has 0 bridgehead atoms. The molecule has 1 aliphatic carbocycles. The Morgan fingerprint density at radius 1 is 1.15 bits per heavy atom. The number of hydrogen-bond donors (Lipinski definition) is 2. The van der Waals surface area contributed by atoms with Crippen LogP contribution in [0.1, 0.15) is 23.5 Å². The second kappa shape index (κ2) is 10.1. The van der Waals surface area contributed by atoms with Crippen molar-refractivity contribution in [2.75, 3.05) is 26.9 Å². The van der Waals surface area contributed by atoms with Gasteiger partial charge in [0.05, 0.1) is 19.3 Å². The Balaban J connectivity index is 1.41. The van der Waals surface area contributed by atoms with Gasteiger partial charge in [0.15, 0.2) is 0 Å². The molecule has 4 rings (SSSR count). The molecule has 0 aromatic heterocycles. The third-order valence-electron chi connectivity index (χ3n) is 6.55. The number of likely N-dealkylation sites (N-methyl/N-ethyl adjacent to an activating group) is 1. The molecule has 34 heavy (non-hydrogen) atoms. The quantitative estimate of drug-likeness (QED) is 0.582. The van der Waals surface area contributed by atoms with Crippen molar-refractivity contribution in [3.63, 3.8) is 0 Å². The maximum atomic E-state index is 13.1. The maximum absolute atomic E-state index is 13.1. The summed E-state index contributed by atoms with van der Waals surface area (Å²) in [5.74, 6) is -2.35. The summed E-state index contributed by atoms with van der Waals surface area (Å²) in [6.07, 6.45) is 0.992. The van der Waals surface area contributed by atoms with Crippen LogP contribution >= 0.6 is 0 Å². The molecule has 1 fully saturated rings. The van der Waals surface area contributed by atoms with Crippen LogP contribution in [0.25, 0.3) is 11.1 Å². The lowest BCUT2D eigenvalue weighted by Crippen LogP contribution is -2.52. The number of carbonyl (C=O) groups is 3. The minimum atomic E-state index is -1.02. The third kappa shape index (κ3) is 4.54. The number of ether oxygens (including phenoxy) is 2. The highest BCUT2D eigenvalue weighted by atomic mass is 16.5. The monoisotopic (exact) mass is 464 g/mol. The molecule has 1 heterocycles. The van der Waals surface area contributed by atoms with Gasteiger partial charge in [-0.2, -0.15) is 0 Å². The van der Waals surface area contributed by atoms with Gasteiger partial charge >= 0.3 is 12.1 Å². The summed E-state index contributed by atoms with van der Waals surface area (Å²) in [7, 11) is 1.52. The van der Waals surface area contributed by atoms with Crippen molar-refractivity contribution >= 4 is 18.0 Å². The summed E-state index contributed by atoms with van der Waals surface area (Å²) in [6.45, 7) is 3.97. The first-order valence-corrected chi connectivity index (χ1v) is 11.2. The van der Waals surface area contributed by atoms with Gasteiger partial charge < -0.3 is 24.8 Å². The molecule has 0 radical (unpaired) electrons. The van der Waals surface area contributed by atoms with Crippen LogP contribution in [0.2, 0.25) is 0 Å². The summed E-state index contributed by atoms with van der Waals surface area (Å²) in [4.78, 5) is 38.6. The molecular formula is C26H28N2O6. The number of aliphatic carboxylic acids is 1. The zero-order chi connectivity index (χ0) is 24.2. The molecule has 2 aromatic rings. The molecule has 8 heteroatoms. The Morgan fingerprint density at radius 2 is 1.76 bits per heavy atom. The van der Waals surface area contributed by atoms with Gasteiger partial charge in [0, 0.05) is 13.0 Å². The molecule has 0 spiro atoms. The Kier molecular flexibility index (Phi) is 6.98. The minimum absolute atomic E-state index is 0.0452. The SMILES string of the molecule is C=CCC(NC(=O)OCC1c2ccccc2-c2ccccc21)C(=O)N(C)C1COCC1C(=O)O. The molecule has 0 saturated carbocycles. The van der Waals surface area contributed by atoms with Gasteiger partial charge in [-0.15, -0.1) is 6.58 Å². The summed E-state index contributed by atoms with van der Waals surface area (Å²) < 4.78 is 10.8. The highest BCUT2D eigenvalue weighted by Gasteiger charge is 2.40. The summed E-state index contributed by atoms with van der Waals surface area (Å²) in [6, 6.07) is 14.5. The van der Waals surface area contributed by atoms with Crippen molar-refractivity contribution in [3.05, 3.63) is 72.3 Å². The van der Waals surface area contributed by atoms with Crippen molar-refractivity contribution in [3.8, 4) is 11.1 Å². The number of amides is 2. The van der Waals surface area contributed by atoms with Crippen molar-refractivity contribution in [2.45, 2.75) is 24.4 Å². The van der Waals surface area contributed by atoms with Gasteiger partial charge in [-0.3, -0.25) is 9.59 Å². The second-order valence-corrected chi connectivity index (χ2v) is 8.55. The van der Waals surface area contributed by atoms with Gasteiger partial charge in [0.1, 0.15) is 18.6 Å². The van der Waals surface area contributed by atoms with E-state index in [1.165, 1.54) is 18.0 Å². The predicted octanol–water partition coefficient (Wildman–Crippen LogP) is 3.03. The molecule has 3 atom stereocenters. The highest BCUT2D eigenvalue weighted by molar-refractivity contribution is 5.87. The standard InChI is InChI=1S/C26H28N2O6/c1-3-8-22(24(29)28(2)23-15-33-13-21(23)25(30)31)27-26(32)34-14-20-18-11-6-4-9-16(18)17-10-5-7-12-19(17)20/h3-7,9-12,20-23H,1,8,13-15H2,2H3,(H,27,32)(H,30,31). The largest absolute Gasteiger partial charge is 0.481 e. The number of alkyl carbamates (subject to hydrolysis) is 1. The topological polar surface area (TPSA) is 105 Å². The Labute approximate surface area is 198 Å². The normalized spacial score (nSPS) is 19.6. The molecule has 3 unspecified atom stereocenters. The Morgan fingerprint density at radius 3 is 2.35 bits per heavy atom. The summed E-state index contributed by atoms with van der Waals surface area (Å²) in [5.41, 5.74) is 4.44. The number of hydrogen-bond acceptors (Lipinski definition) is 5. The van der Waals surface area contributed by atoms with Crippen molar-refractivity contribution in [1.29, 1.82) is 0 Å².